The van der Waals surface area contributed by atoms with Crippen molar-refractivity contribution < 1.29 is 14.7 Å². The molecule has 0 saturated carbocycles. The van der Waals surface area contributed by atoms with Crippen molar-refractivity contribution >= 4 is 11.9 Å². The molecule has 1 atom stereocenters. The summed E-state index contributed by atoms with van der Waals surface area (Å²) in [7, 11) is 0. The van der Waals surface area contributed by atoms with Crippen LogP contribution in [0.1, 0.15) is 13.3 Å². The molecule has 12 heavy (non-hydrogen) atoms. The molecule has 0 aromatic rings. The summed E-state index contributed by atoms with van der Waals surface area (Å²) >= 11 is 0. The minimum atomic E-state index is -0.962. The number of hydrogen-bond donors (Lipinski definition) is 2. The summed E-state index contributed by atoms with van der Waals surface area (Å²) in [6.45, 7) is 5.38. The second-order valence-corrected chi connectivity index (χ2v) is 2.53. The van der Waals surface area contributed by atoms with Crippen molar-refractivity contribution in [2.45, 2.75) is 13.3 Å². The Kier molecular flexibility index (Phi) is 4.76. The fraction of sp³-hybridized carbons (Fsp3) is 0.500. The summed E-state index contributed by atoms with van der Waals surface area (Å²) in [4.78, 5) is 21.2. The van der Waals surface area contributed by atoms with E-state index in [2.05, 4.69) is 11.9 Å². The maximum atomic E-state index is 11.0. The molecule has 1 amide bonds. The first-order valence-electron chi connectivity index (χ1n) is 3.68. The molecule has 0 aliphatic rings. The minimum Gasteiger partial charge on any atom is -0.481 e. The van der Waals surface area contributed by atoms with Gasteiger partial charge in [0.15, 0.2) is 0 Å². The lowest BCUT2D eigenvalue weighted by atomic mass is 10.1. The van der Waals surface area contributed by atoms with E-state index < -0.39 is 11.9 Å². The molecule has 0 saturated heterocycles. The molecular weight excluding hydrogens is 158 g/mol. The van der Waals surface area contributed by atoms with E-state index in [0.717, 1.165) is 0 Å². The van der Waals surface area contributed by atoms with Crippen LogP contribution in [0.5, 0.6) is 0 Å². The fourth-order valence-electron chi connectivity index (χ4n) is 0.702. The van der Waals surface area contributed by atoms with E-state index in [0.29, 0.717) is 6.54 Å². The molecule has 4 heteroatoms. The van der Waals surface area contributed by atoms with Crippen LogP contribution in [0.4, 0.5) is 0 Å². The molecular formula is C8H13NO3. The third-order valence-corrected chi connectivity index (χ3v) is 1.35. The molecule has 0 spiro atoms. The Morgan fingerprint density at radius 2 is 2.25 bits per heavy atom. The van der Waals surface area contributed by atoms with Crippen LogP contribution in [0.15, 0.2) is 12.7 Å². The van der Waals surface area contributed by atoms with Gasteiger partial charge in [-0.05, 0) is 0 Å². The average molecular weight is 171 g/mol. The molecule has 4 nitrogen and oxygen atoms in total. The molecule has 2 N–H and O–H groups in total. The van der Waals surface area contributed by atoms with Crippen molar-refractivity contribution in [3.8, 4) is 0 Å². The molecule has 0 unspecified atom stereocenters. The maximum absolute atomic E-state index is 11.0. The zero-order valence-corrected chi connectivity index (χ0v) is 7.04. The Labute approximate surface area is 71.3 Å². The van der Waals surface area contributed by atoms with Gasteiger partial charge in [-0.2, -0.15) is 0 Å². The van der Waals surface area contributed by atoms with Crippen LogP contribution in [0.3, 0.4) is 0 Å². The van der Waals surface area contributed by atoms with Crippen LogP contribution in [-0.4, -0.2) is 23.5 Å². The average Bonchev–Trinajstić information content (AvgIpc) is 1.98. The van der Waals surface area contributed by atoms with Crippen molar-refractivity contribution in [1.29, 1.82) is 0 Å². The molecule has 0 bridgehead atoms. The third kappa shape index (κ3) is 4.49. The molecule has 0 radical (unpaired) electrons. The van der Waals surface area contributed by atoms with E-state index >= 15 is 0 Å². The van der Waals surface area contributed by atoms with Gasteiger partial charge in [-0.25, -0.2) is 0 Å². The maximum Gasteiger partial charge on any atom is 0.304 e. The van der Waals surface area contributed by atoms with Gasteiger partial charge < -0.3 is 10.4 Å². The first-order valence-corrected chi connectivity index (χ1v) is 3.68. The SMILES string of the molecule is C=CCNC(=O)[C@@H](C)CC(=O)O. The van der Waals surface area contributed by atoms with E-state index in [1.54, 1.807) is 13.0 Å². The molecule has 0 heterocycles. The number of carboxylic acids is 1. The Morgan fingerprint density at radius 3 is 2.67 bits per heavy atom. The molecule has 0 rings (SSSR count). The quantitative estimate of drug-likeness (QED) is 0.588. The smallest absolute Gasteiger partial charge is 0.304 e. The van der Waals surface area contributed by atoms with Crippen molar-refractivity contribution in [3.05, 3.63) is 12.7 Å². The van der Waals surface area contributed by atoms with Crippen molar-refractivity contribution in [1.82, 2.24) is 5.32 Å². The second kappa shape index (κ2) is 5.35. The molecule has 68 valence electrons. The first kappa shape index (κ1) is 10.7. The monoisotopic (exact) mass is 171 g/mol. The normalized spacial score (nSPS) is 11.8. The lowest BCUT2D eigenvalue weighted by molar-refractivity contribution is -0.140. The number of amides is 1. The Bertz CT molecular complexity index is 189. The first-order chi connectivity index (χ1) is 5.57. The fourth-order valence-corrected chi connectivity index (χ4v) is 0.702. The summed E-state index contributed by atoms with van der Waals surface area (Å²) < 4.78 is 0. The summed E-state index contributed by atoms with van der Waals surface area (Å²) in [5.41, 5.74) is 0. The second-order valence-electron chi connectivity index (χ2n) is 2.53. The van der Waals surface area contributed by atoms with Crippen LogP contribution in [0.25, 0.3) is 0 Å². The van der Waals surface area contributed by atoms with E-state index in [1.165, 1.54) is 0 Å². The molecule has 0 aliphatic carbocycles. The molecule has 0 aromatic heterocycles. The van der Waals surface area contributed by atoms with Gasteiger partial charge in [-0.1, -0.05) is 13.0 Å². The van der Waals surface area contributed by atoms with Crippen molar-refractivity contribution in [2.24, 2.45) is 5.92 Å². The van der Waals surface area contributed by atoms with E-state index in [1.807, 2.05) is 0 Å². The van der Waals surface area contributed by atoms with E-state index in [4.69, 9.17) is 5.11 Å². The summed E-state index contributed by atoms with van der Waals surface area (Å²) in [5.74, 6) is -1.70. The topological polar surface area (TPSA) is 66.4 Å². The number of carbonyl (C=O) groups is 2. The van der Waals surface area contributed by atoms with Gasteiger partial charge in [-0.3, -0.25) is 9.59 Å². The van der Waals surface area contributed by atoms with Gasteiger partial charge >= 0.3 is 5.97 Å². The Balaban J connectivity index is 3.76. The number of hydrogen-bond acceptors (Lipinski definition) is 2. The highest BCUT2D eigenvalue weighted by atomic mass is 16.4. The summed E-state index contributed by atoms with van der Waals surface area (Å²) in [6.07, 6.45) is 1.41. The van der Waals surface area contributed by atoms with E-state index in [-0.39, 0.29) is 12.3 Å². The highest BCUT2D eigenvalue weighted by Crippen LogP contribution is 2.00. The van der Waals surface area contributed by atoms with Crippen LogP contribution in [-0.2, 0) is 9.59 Å². The van der Waals surface area contributed by atoms with Gasteiger partial charge in [0, 0.05) is 12.5 Å². The van der Waals surface area contributed by atoms with Crippen LogP contribution in [0.2, 0.25) is 0 Å². The van der Waals surface area contributed by atoms with Gasteiger partial charge in [0.05, 0.1) is 6.42 Å². The highest BCUT2D eigenvalue weighted by Gasteiger charge is 2.14. The van der Waals surface area contributed by atoms with E-state index in [9.17, 15) is 9.59 Å². The van der Waals surface area contributed by atoms with Crippen molar-refractivity contribution in [3.63, 3.8) is 0 Å². The summed E-state index contributed by atoms with van der Waals surface area (Å²) in [6, 6.07) is 0. The Hall–Kier alpha value is -1.32. The Morgan fingerprint density at radius 1 is 1.67 bits per heavy atom. The standard InChI is InChI=1S/C8H13NO3/c1-3-4-9-8(12)6(2)5-7(10)11/h3,6H,1,4-5H2,2H3,(H,9,12)(H,10,11)/t6-/m0/s1. The van der Waals surface area contributed by atoms with Gasteiger partial charge in [0.2, 0.25) is 5.91 Å². The predicted molar refractivity (Wildman–Crippen MR) is 44.6 cm³/mol. The van der Waals surface area contributed by atoms with Gasteiger partial charge in [0.1, 0.15) is 0 Å². The molecule has 0 aromatic carbocycles. The van der Waals surface area contributed by atoms with Crippen LogP contribution in [0, 0.1) is 5.92 Å². The number of carbonyl (C=O) groups excluding carboxylic acids is 1. The minimum absolute atomic E-state index is 0.136. The largest absolute Gasteiger partial charge is 0.481 e. The summed E-state index contributed by atoms with van der Waals surface area (Å²) in [5, 5.41) is 10.9. The van der Waals surface area contributed by atoms with Crippen LogP contribution < -0.4 is 5.32 Å². The zero-order chi connectivity index (χ0) is 9.56. The zero-order valence-electron chi connectivity index (χ0n) is 7.04. The highest BCUT2D eigenvalue weighted by molar-refractivity contribution is 5.82. The lowest BCUT2D eigenvalue weighted by Gasteiger charge is -2.07. The molecule has 0 aliphatic heterocycles. The van der Waals surface area contributed by atoms with Crippen LogP contribution >= 0.6 is 0 Å². The molecule has 0 fully saturated rings. The lowest BCUT2D eigenvalue weighted by Crippen LogP contribution is -2.30. The predicted octanol–water partition coefficient (Wildman–Crippen LogP) is 0.399. The third-order valence-electron chi connectivity index (χ3n) is 1.35. The van der Waals surface area contributed by atoms with Crippen molar-refractivity contribution in [2.75, 3.05) is 6.54 Å². The van der Waals surface area contributed by atoms with Gasteiger partial charge in [0.25, 0.3) is 0 Å². The number of carboxylic acid groups (broad SMARTS) is 1. The number of aliphatic carboxylic acids is 1. The number of nitrogens with one attached hydrogen (secondary N) is 1. The van der Waals surface area contributed by atoms with Gasteiger partial charge in [-0.15, -0.1) is 6.58 Å². The number of rotatable bonds is 5.